The maximum absolute atomic E-state index is 13.9. The number of benzene rings is 2. The smallest absolute Gasteiger partial charge is 0.328 e. The minimum Gasteiger partial charge on any atom is -0.492 e. The molecule has 0 unspecified atom stereocenters. The molecular formula is C27H28F2N4O7S2. The first kappa shape index (κ1) is 31.5. The van der Waals surface area contributed by atoms with Gasteiger partial charge in [0, 0.05) is 25.2 Å². The predicted octanol–water partition coefficient (Wildman–Crippen LogP) is 1.61. The Balaban J connectivity index is 1.52. The SMILES string of the molecule is O=C(CNN1C(=O)C(=Cc2cc(-c3ccc(F)c(F)c3)ccc2OCCN2CCOCC2)SC1=S)N[C@@H](CO)C(=O)O. The predicted molar refractivity (Wildman–Crippen MR) is 154 cm³/mol. The molecular weight excluding hydrogens is 594 g/mol. The third-order valence-corrected chi connectivity index (χ3v) is 7.63. The summed E-state index contributed by atoms with van der Waals surface area (Å²) in [7, 11) is 0. The summed E-state index contributed by atoms with van der Waals surface area (Å²) in [6.07, 6.45) is 1.56. The van der Waals surface area contributed by atoms with Crippen molar-refractivity contribution in [3.05, 3.63) is 58.5 Å². The Kier molecular flexibility index (Phi) is 11.0. The monoisotopic (exact) mass is 622 g/mol. The highest BCUT2D eigenvalue weighted by atomic mass is 32.2. The van der Waals surface area contributed by atoms with Crippen LogP contribution < -0.4 is 15.5 Å². The van der Waals surface area contributed by atoms with Crippen LogP contribution in [0.25, 0.3) is 17.2 Å². The summed E-state index contributed by atoms with van der Waals surface area (Å²) in [5.74, 6) is -4.26. The number of carbonyl (C=O) groups excluding carboxylic acids is 2. The Labute approximate surface area is 249 Å². The molecule has 0 saturated carbocycles. The first-order chi connectivity index (χ1) is 20.2. The zero-order valence-corrected chi connectivity index (χ0v) is 23.8. The lowest BCUT2D eigenvalue weighted by molar-refractivity contribution is -0.143. The number of aliphatic carboxylic acids is 1. The van der Waals surface area contributed by atoms with Gasteiger partial charge in [-0.2, -0.15) is 0 Å². The van der Waals surface area contributed by atoms with Crippen LogP contribution in [0.15, 0.2) is 41.3 Å². The fraction of sp³-hybridized carbons (Fsp3) is 0.333. The van der Waals surface area contributed by atoms with Gasteiger partial charge in [-0.1, -0.05) is 36.1 Å². The number of thiocarbonyl (C=S) groups is 1. The molecule has 2 aliphatic rings. The molecule has 2 saturated heterocycles. The quantitative estimate of drug-likeness (QED) is 0.203. The van der Waals surface area contributed by atoms with Crippen LogP contribution in [0.4, 0.5) is 8.78 Å². The summed E-state index contributed by atoms with van der Waals surface area (Å²) in [6.45, 7) is 2.59. The molecule has 15 heteroatoms. The van der Waals surface area contributed by atoms with Crippen molar-refractivity contribution in [1.82, 2.24) is 20.7 Å². The number of ether oxygens (including phenoxy) is 2. The van der Waals surface area contributed by atoms with Crippen molar-refractivity contribution >= 4 is 52.2 Å². The highest BCUT2D eigenvalue weighted by molar-refractivity contribution is 8.26. The summed E-state index contributed by atoms with van der Waals surface area (Å²) in [6, 6.07) is 7.13. The number of hydrogen-bond donors (Lipinski definition) is 4. The molecule has 2 aromatic carbocycles. The molecule has 2 amide bonds. The maximum atomic E-state index is 13.9. The molecule has 2 aliphatic heterocycles. The van der Waals surface area contributed by atoms with Crippen LogP contribution in [0, 0.1) is 11.6 Å². The minimum absolute atomic E-state index is 0.0996. The van der Waals surface area contributed by atoms with Gasteiger partial charge in [-0.05, 0) is 41.5 Å². The van der Waals surface area contributed by atoms with Gasteiger partial charge >= 0.3 is 5.97 Å². The zero-order chi connectivity index (χ0) is 30.2. The van der Waals surface area contributed by atoms with Crippen molar-refractivity contribution in [3.63, 3.8) is 0 Å². The number of thioether (sulfide) groups is 1. The van der Waals surface area contributed by atoms with Crippen LogP contribution in [-0.4, -0.2) is 101 Å². The number of halogens is 2. The molecule has 11 nitrogen and oxygen atoms in total. The van der Waals surface area contributed by atoms with Gasteiger partial charge in [0.05, 0.1) is 31.3 Å². The number of nitrogens with one attached hydrogen (secondary N) is 2. The molecule has 2 aromatic rings. The molecule has 0 aliphatic carbocycles. The summed E-state index contributed by atoms with van der Waals surface area (Å²) < 4.78 is 39.0. The lowest BCUT2D eigenvalue weighted by Crippen LogP contribution is -2.50. The van der Waals surface area contributed by atoms with E-state index in [9.17, 15) is 23.2 Å². The first-order valence-corrected chi connectivity index (χ1v) is 14.1. The van der Waals surface area contributed by atoms with Crippen LogP contribution >= 0.6 is 24.0 Å². The summed E-state index contributed by atoms with van der Waals surface area (Å²) in [5.41, 5.74) is 4.04. The number of carboxylic acids is 1. The molecule has 0 spiro atoms. The molecule has 0 bridgehead atoms. The fourth-order valence-electron chi connectivity index (χ4n) is 4.08. The molecule has 2 fully saturated rings. The number of amides is 2. The van der Waals surface area contributed by atoms with E-state index < -0.39 is 48.6 Å². The molecule has 1 atom stereocenters. The van der Waals surface area contributed by atoms with E-state index in [-0.39, 0.29) is 9.23 Å². The third kappa shape index (κ3) is 8.08. The number of aliphatic hydroxyl groups is 1. The molecule has 0 aromatic heterocycles. The van der Waals surface area contributed by atoms with Crippen molar-refractivity contribution < 1.29 is 42.9 Å². The van der Waals surface area contributed by atoms with Crippen LogP contribution in [0.3, 0.4) is 0 Å². The molecule has 4 rings (SSSR count). The lowest BCUT2D eigenvalue weighted by atomic mass is 10.0. The van der Waals surface area contributed by atoms with E-state index >= 15 is 0 Å². The second kappa shape index (κ2) is 14.6. The number of rotatable bonds is 12. The van der Waals surface area contributed by atoms with E-state index in [1.165, 1.54) is 6.07 Å². The number of carboxylic acid groups (broad SMARTS) is 1. The van der Waals surface area contributed by atoms with Gasteiger partial charge in [0.25, 0.3) is 5.91 Å². The molecule has 42 heavy (non-hydrogen) atoms. The van der Waals surface area contributed by atoms with Gasteiger partial charge in [-0.3, -0.25) is 14.5 Å². The van der Waals surface area contributed by atoms with Gasteiger partial charge < -0.3 is 25.0 Å². The van der Waals surface area contributed by atoms with Gasteiger partial charge in [-0.15, -0.1) is 0 Å². The second-order valence-electron chi connectivity index (χ2n) is 9.18. The number of carbonyl (C=O) groups is 3. The molecule has 2 heterocycles. The van der Waals surface area contributed by atoms with Crippen LogP contribution in [0.2, 0.25) is 0 Å². The second-order valence-corrected chi connectivity index (χ2v) is 10.9. The largest absolute Gasteiger partial charge is 0.492 e. The van der Waals surface area contributed by atoms with E-state index in [0.29, 0.717) is 48.8 Å². The average Bonchev–Trinajstić information content (AvgIpc) is 3.24. The zero-order valence-electron chi connectivity index (χ0n) is 22.2. The number of aliphatic hydroxyl groups excluding tert-OH is 1. The standard InChI is InChI=1S/C27H28F2N4O7S2/c28-19-3-1-17(12-20(19)29)16-2-4-22(40-10-7-32-5-8-39-9-6-32)18(11-16)13-23-25(36)33(27(41)42-23)30-14-24(35)31-21(15-34)26(37)38/h1-4,11-13,21,30,34H,5-10,14-15H2,(H,31,35)(H,37,38)/t21-/m0/s1. The third-order valence-electron chi connectivity index (χ3n) is 6.33. The Bertz CT molecular complexity index is 1390. The first-order valence-electron chi connectivity index (χ1n) is 12.8. The number of hydrazine groups is 1. The normalized spacial score (nSPS) is 17.5. The van der Waals surface area contributed by atoms with Crippen LogP contribution in [0.5, 0.6) is 5.75 Å². The Morgan fingerprint density at radius 2 is 1.86 bits per heavy atom. The molecule has 0 radical (unpaired) electrons. The fourth-order valence-corrected chi connectivity index (χ4v) is 5.29. The number of nitrogens with zero attached hydrogens (tertiary/aromatic N) is 2. The van der Waals surface area contributed by atoms with E-state index in [2.05, 4.69) is 15.6 Å². The van der Waals surface area contributed by atoms with E-state index in [1.807, 2.05) is 0 Å². The Hall–Kier alpha value is -3.47. The van der Waals surface area contributed by atoms with Gasteiger partial charge in [0.1, 0.15) is 18.4 Å². The summed E-state index contributed by atoms with van der Waals surface area (Å²) >= 11 is 6.26. The van der Waals surface area contributed by atoms with Gasteiger partial charge in [-0.25, -0.2) is 24.0 Å². The van der Waals surface area contributed by atoms with E-state index in [1.54, 1.807) is 24.3 Å². The Morgan fingerprint density at radius 1 is 1.14 bits per heavy atom. The highest BCUT2D eigenvalue weighted by Crippen LogP contribution is 2.35. The summed E-state index contributed by atoms with van der Waals surface area (Å²) in [5, 5.41) is 21.2. The topological polar surface area (TPSA) is 141 Å². The van der Waals surface area contributed by atoms with Crippen molar-refractivity contribution in [2.45, 2.75) is 6.04 Å². The minimum atomic E-state index is -1.49. The van der Waals surface area contributed by atoms with Crippen LogP contribution in [0.1, 0.15) is 5.56 Å². The van der Waals surface area contributed by atoms with Crippen molar-refractivity contribution in [3.8, 4) is 16.9 Å². The van der Waals surface area contributed by atoms with Gasteiger partial charge in [0.2, 0.25) is 5.91 Å². The Morgan fingerprint density at radius 3 is 2.55 bits per heavy atom. The van der Waals surface area contributed by atoms with Crippen molar-refractivity contribution in [2.24, 2.45) is 0 Å². The van der Waals surface area contributed by atoms with Crippen molar-refractivity contribution in [2.75, 3.05) is 52.6 Å². The number of morpholine rings is 1. The lowest BCUT2D eigenvalue weighted by Gasteiger charge is -2.26. The average molecular weight is 623 g/mol. The van der Waals surface area contributed by atoms with Gasteiger partial charge in [0.15, 0.2) is 16.0 Å². The summed E-state index contributed by atoms with van der Waals surface area (Å²) in [4.78, 5) is 38.7. The van der Waals surface area contributed by atoms with Crippen LogP contribution in [-0.2, 0) is 19.1 Å². The number of hydrogen-bond acceptors (Lipinski definition) is 10. The van der Waals surface area contributed by atoms with Crippen molar-refractivity contribution in [1.29, 1.82) is 0 Å². The molecule has 4 N–H and O–H groups in total. The van der Waals surface area contributed by atoms with E-state index in [4.69, 9.17) is 31.9 Å². The van der Waals surface area contributed by atoms with E-state index in [0.717, 1.165) is 42.0 Å². The molecule has 224 valence electrons. The highest BCUT2D eigenvalue weighted by Gasteiger charge is 2.33. The maximum Gasteiger partial charge on any atom is 0.328 e.